The summed E-state index contributed by atoms with van der Waals surface area (Å²) in [4.78, 5) is 15.9. The van der Waals surface area contributed by atoms with Crippen LogP contribution in [-0.4, -0.2) is 32.1 Å². The number of nitriles is 1. The molecule has 0 aliphatic carbocycles. The monoisotopic (exact) mass is 506 g/mol. The van der Waals surface area contributed by atoms with E-state index in [4.69, 9.17) is 25.8 Å². The molecule has 1 amide bonds. The third-order valence-corrected chi connectivity index (χ3v) is 7.29. The largest absolute Gasteiger partial charge is 0.493 e. The average molecular weight is 507 g/mol. The third-order valence-electron chi connectivity index (χ3n) is 5.62. The number of nitrogens with zero attached hydrogens (tertiary/aromatic N) is 2. The molecule has 1 atom stereocenters. The number of hydrogen-bond donors (Lipinski definition) is 0. The van der Waals surface area contributed by atoms with Gasteiger partial charge in [0.1, 0.15) is 10.9 Å². The number of rotatable bonds is 8. The molecule has 1 aromatic heterocycles. The van der Waals surface area contributed by atoms with Gasteiger partial charge in [0.05, 0.1) is 32.4 Å². The van der Waals surface area contributed by atoms with Crippen molar-refractivity contribution in [1.29, 1.82) is 5.26 Å². The fraction of sp³-hybridized carbons (Fsp3) is 0.185. The molecule has 4 aromatic rings. The summed E-state index contributed by atoms with van der Waals surface area (Å²) in [6, 6.07) is 21.8. The Kier molecular flexibility index (Phi) is 7.45. The maximum atomic E-state index is 14.0. The van der Waals surface area contributed by atoms with Gasteiger partial charge in [0.25, 0.3) is 5.91 Å². The van der Waals surface area contributed by atoms with Crippen LogP contribution in [0.1, 0.15) is 26.8 Å². The van der Waals surface area contributed by atoms with Gasteiger partial charge in [0.15, 0.2) is 11.5 Å². The minimum Gasteiger partial charge on any atom is -0.493 e. The normalized spacial score (nSPS) is 11.5. The van der Waals surface area contributed by atoms with Crippen LogP contribution >= 0.6 is 22.9 Å². The summed E-state index contributed by atoms with van der Waals surface area (Å²) in [5.74, 6) is 0.868. The molecule has 0 aliphatic heterocycles. The molecule has 4 rings (SSSR count). The van der Waals surface area contributed by atoms with Gasteiger partial charge in [-0.2, -0.15) is 5.26 Å². The Morgan fingerprint density at radius 2 is 1.63 bits per heavy atom. The molecule has 35 heavy (non-hydrogen) atoms. The van der Waals surface area contributed by atoms with Crippen LogP contribution < -0.4 is 14.2 Å². The highest BCUT2D eigenvalue weighted by atomic mass is 35.5. The molecule has 8 heteroatoms. The quantitative estimate of drug-likeness (QED) is 0.273. The van der Waals surface area contributed by atoms with E-state index in [-0.39, 0.29) is 12.5 Å². The third kappa shape index (κ3) is 4.76. The van der Waals surface area contributed by atoms with E-state index in [1.165, 1.54) is 37.6 Å². The topological polar surface area (TPSA) is 71.8 Å². The lowest BCUT2D eigenvalue weighted by atomic mass is 10.0. The fourth-order valence-corrected chi connectivity index (χ4v) is 5.39. The molecule has 0 aliphatic rings. The molecule has 6 nitrogen and oxygen atoms in total. The minimum absolute atomic E-state index is 0.207. The Balaban J connectivity index is 1.85. The second-order valence-corrected chi connectivity index (χ2v) is 9.08. The number of thiophene rings is 1. The number of benzene rings is 3. The van der Waals surface area contributed by atoms with Crippen molar-refractivity contribution in [2.75, 3.05) is 21.3 Å². The van der Waals surface area contributed by atoms with E-state index in [2.05, 4.69) is 6.07 Å². The number of hydrogen-bond acceptors (Lipinski definition) is 6. The van der Waals surface area contributed by atoms with Crippen LogP contribution in [0.4, 0.5) is 0 Å². The van der Waals surface area contributed by atoms with Gasteiger partial charge in [-0.3, -0.25) is 4.79 Å². The smallest absolute Gasteiger partial charge is 0.267 e. The number of carbonyl (C=O) groups excluding carboxylic acids is 1. The molecular formula is C27H23ClN2O4S. The highest BCUT2D eigenvalue weighted by Gasteiger charge is 2.31. The number of amides is 1. The summed E-state index contributed by atoms with van der Waals surface area (Å²) in [5, 5.41) is 11.5. The van der Waals surface area contributed by atoms with Gasteiger partial charge in [-0.15, -0.1) is 11.3 Å². The molecule has 0 fully saturated rings. The minimum atomic E-state index is -0.947. The van der Waals surface area contributed by atoms with Gasteiger partial charge in [-0.25, -0.2) is 0 Å². The molecule has 0 bridgehead atoms. The van der Waals surface area contributed by atoms with E-state index in [9.17, 15) is 10.1 Å². The average Bonchev–Trinajstić information content (AvgIpc) is 3.24. The molecule has 1 heterocycles. The van der Waals surface area contributed by atoms with Crippen molar-refractivity contribution in [3.8, 4) is 23.3 Å². The molecule has 3 aromatic carbocycles. The van der Waals surface area contributed by atoms with Crippen molar-refractivity contribution in [3.05, 3.63) is 87.8 Å². The predicted octanol–water partition coefficient (Wildman–Crippen LogP) is 6.49. The van der Waals surface area contributed by atoms with E-state index in [0.29, 0.717) is 32.7 Å². The van der Waals surface area contributed by atoms with Crippen molar-refractivity contribution in [1.82, 2.24) is 4.90 Å². The van der Waals surface area contributed by atoms with Crippen LogP contribution in [0.15, 0.2) is 66.7 Å². The standard InChI is InChI=1S/C27H23ClN2O4S/c1-32-21-13-18(14-22(33-2)25(21)34-3)20(15-29)30(16-17-9-5-4-6-10-17)27(31)26-24(28)19-11-7-8-12-23(19)35-26/h4-14,20H,16H2,1-3H3. The number of halogens is 1. The molecule has 1 unspecified atom stereocenters. The number of methoxy groups -OCH3 is 3. The summed E-state index contributed by atoms with van der Waals surface area (Å²) in [6.45, 7) is 0.207. The van der Waals surface area contributed by atoms with Gasteiger partial charge < -0.3 is 19.1 Å². The first-order chi connectivity index (χ1) is 17.0. The lowest BCUT2D eigenvalue weighted by Crippen LogP contribution is -2.33. The molecule has 178 valence electrons. The van der Waals surface area contributed by atoms with Gasteiger partial charge in [-0.05, 0) is 29.3 Å². The summed E-state index contributed by atoms with van der Waals surface area (Å²) in [5.41, 5.74) is 1.41. The van der Waals surface area contributed by atoms with Crippen LogP contribution in [0, 0.1) is 11.3 Å². The van der Waals surface area contributed by atoms with Gasteiger partial charge >= 0.3 is 0 Å². The summed E-state index contributed by atoms with van der Waals surface area (Å²) < 4.78 is 17.3. The van der Waals surface area contributed by atoms with Crippen LogP contribution in [0.3, 0.4) is 0 Å². The van der Waals surface area contributed by atoms with Gasteiger partial charge in [0.2, 0.25) is 5.75 Å². The van der Waals surface area contributed by atoms with Crippen LogP contribution in [-0.2, 0) is 6.54 Å². The van der Waals surface area contributed by atoms with E-state index in [0.717, 1.165) is 15.6 Å². The summed E-state index contributed by atoms with van der Waals surface area (Å²) in [6.07, 6.45) is 0. The Bertz CT molecular complexity index is 1370. The zero-order chi connectivity index (χ0) is 24.9. The second kappa shape index (κ2) is 10.7. The predicted molar refractivity (Wildman–Crippen MR) is 138 cm³/mol. The van der Waals surface area contributed by atoms with Crippen molar-refractivity contribution in [3.63, 3.8) is 0 Å². The molecule has 0 saturated carbocycles. The maximum absolute atomic E-state index is 14.0. The molecule has 0 spiro atoms. The molecular weight excluding hydrogens is 484 g/mol. The van der Waals surface area contributed by atoms with Crippen molar-refractivity contribution >= 4 is 38.9 Å². The van der Waals surface area contributed by atoms with Crippen LogP contribution in [0.5, 0.6) is 17.2 Å². The SMILES string of the molecule is COc1cc(C(C#N)N(Cc2ccccc2)C(=O)c2sc3ccccc3c2Cl)cc(OC)c1OC. The zero-order valence-corrected chi connectivity index (χ0v) is 21.0. The second-order valence-electron chi connectivity index (χ2n) is 7.65. The first-order valence-electron chi connectivity index (χ1n) is 10.7. The fourth-order valence-electron chi connectivity index (χ4n) is 3.93. The maximum Gasteiger partial charge on any atom is 0.267 e. The first kappa shape index (κ1) is 24.4. The van der Waals surface area contributed by atoms with Gasteiger partial charge in [-0.1, -0.05) is 60.1 Å². The Hall–Kier alpha value is -3.73. The Morgan fingerprint density at radius 3 is 2.20 bits per heavy atom. The lowest BCUT2D eigenvalue weighted by Gasteiger charge is -2.28. The van der Waals surface area contributed by atoms with Gasteiger partial charge in [0, 0.05) is 16.6 Å². The first-order valence-corrected chi connectivity index (χ1v) is 11.9. The Labute approximate surface area is 212 Å². The van der Waals surface area contributed by atoms with Crippen molar-refractivity contribution in [2.24, 2.45) is 0 Å². The van der Waals surface area contributed by atoms with E-state index < -0.39 is 6.04 Å². The van der Waals surface area contributed by atoms with E-state index >= 15 is 0 Å². The van der Waals surface area contributed by atoms with E-state index in [1.807, 2.05) is 54.6 Å². The molecule has 0 radical (unpaired) electrons. The summed E-state index contributed by atoms with van der Waals surface area (Å²) in [7, 11) is 4.52. The summed E-state index contributed by atoms with van der Waals surface area (Å²) >= 11 is 7.96. The highest BCUT2D eigenvalue weighted by molar-refractivity contribution is 7.21. The number of ether oxygens (including phenoxy) is 3. The van der Waals surface area contributed by atoms with Crippen LogP contribution in [0.2, 0.25) is 5.02 Å². The van der Waals surface area contributed by atoms with Crippen molar-refractivity contribution < 1.29 is 19.0 Å². The van der Waals surface area contributed by atoms with Crippen LogP contribution in [0.25, 0.3) is 10.1 Å². The zero-order valence-electron chi connectivity index (χ0n) is 19.4. The molecule has 0 N–H and O–H groups in total. The number of carbonyl (C=O) groups is 1. The number of fused-ring (bicyclic) bond motifs is 1. The highest BCUT2D eigenvalue weighted by Crippen LogP contribution is 2.42. The Morgan fingerprint density at radius 1 is 1.00 bits per heavy atom. The molecule has 0 saturated heterocycles. The van der Waals surface area contributed by atoms with E-state index in [1.54, 1.807) is 12.1 Å². The van der Waals surface area contributed by atoms with Crippen molar-refractivity contribution in [2.45, 2.75) is 12.6 Å². The lowest BCUT2D eigenvalue weighted by molar-refractivity contribution is 0.0706.